The molecule has 0 bridgehead atoms. The average molecular weight is 257 g/mol. The van der Waals surface area contributed by atoms with Crippen LogP contribution in [0.5, 0.6) is 0 Å². The zero-order chi connectivity index (χ0) is 13.8. The average Bonchev–Trinajstić information content (AvgIpc) is 2.45. The van der Waals surface area contributed by atoms with Gasteiger partial charge in [-0.05, 0) is 23.8 Å². The molecule has 0 spiro atoms. The molecule has 0 aromatic heterocycles. The van der Waals surface area contributed by atoms with Crippen molar-refractivity contribution in [1.82, 2.24) is 5.32 Å². The summed E-state index contributed by atoms with van der Waals surface area (Å²) in [5.41, 5.74) is 0.550. The number of hydrogen-bond donors (Lipinski definition) is 1. The molecule has 2 rings (SSSR count). The van der Waals surface area contributed by atoms with Crippen molar-refractivity contribution in [2.45, 2.75) is 13.0 Å². The molecule has 1 N–H and O–H groups in total. The van der Waals surface area contributed by atoms with Crippen LogP contribution in [0.15, 0.2) is 42.5 Å². The van der Waals surface area contributed by atoms with Crippen LogP contribution in [0, 0.1) is 0 Å². The third-order valence-electron chi connectivity index (χ3n) is 2.94. The lowest BCUT2D eigenvalue weighted by Gasteiger charge is -2.12. The molecule has 0 aliphatic carbocycles. The summed E-state index contributed by atoms with van der Waals surface area (Å²) in [7, 11) is 1.29. The number of fused-ring (bicyclic) bond motifs is 1. The van der Waals surface area contributed by atoms with E-state index in [0.717, 1.165) is 10.8 Å². The van der Waals surface area contributed by atoms with Gasteiger partial charge in [-0.15, -0.1) is 0 Å². The molecule has 19 heavy (non-hydrogen) atoms. The van der Waals surface area contributed by atoms with E-state index in [4.69, 9.17) is 0 Å². The monoisotopic (exact) mass is 257 g/mol. The minimum atomic E-state index is -0.670. The molecule has 0 saturated carbocycles. The van der Waals surface area contributed by atoms with Gasteiger partial charge < -0.3 is 10.1 Å². The fourth-order valence-electron chi connectivity index (χ4n) is 1.93. The summed E-state index contributed by atoms with van der Waals surface area (Å²) in [6, 6.07) is 12.4. The van der Waals surface area contributed by atoms with Crippen LogP contribution in [0.3, 0.4) is 0 Å². The lowest BCUT2D eigenvalue weighted by Crippen LogP contribution is -2.39. The predicted molar refractivity (Wildman–Crippen MR) is 72.9 cm³/mol. The first-order valence-corrected chi connectivity index (χ1v) is 6.00. The maximum atomic E-state index is 12.2. The molecule has 2 aromatic rings. The number of hydrogen-bond acceptors (Lipinski definition) is 3. The van der Waals surface area contributed by atoms with Gasteiger partial charge in [0.05, 0.1) is 7.11 Å². The molecule has 1 unspecified atom stereocenters. The highest BCUT2D eigenvalue weighted by atomic mass is 16.5. The van der Waals surface area contributed by atoms with Crippen LogP contribution in [-0.2, 0) is 9.53 Å². The molecule has 0 radical (unpaired) electrons. The maximum absolute atomic E-state index is 12.2. The van der Waals surface area contributed by atoms with Crippen LogP contribution in [0.25, 0.3) is 10.8 Å². The normalized spacial score (nSPS) is 11.9. The molecule has 0 saturated heterocycles. The molecule has 98 valence electrons. The van der Waals surface area contributed by atoms with Crippen LogP contribution < -0.4 is 5.32 Å². The number of ether oxygens (including phenoxy) is 1. The van der Waals surface area contributed by atoms with Crippen molar-refractivity contribution in [3.05, 3.63) is 48.0 Å². The molecule has 4 heteroatoms. The van der Waals surface area contributed by atoms with Crippen LogP contribution in [-0.4, -0.2) is 25.0 Å². The van der Waals surface area contributed by atoms with Crippen LogP contribution >= 0.6 is 0 Å². The van der Waals surface area contributed by atoms with Gasteiger partial charge in [0.25, 0.3) is 5.91 Å². The Morgan fingerprint density at radius 2 is 1.79 bits per heavy atom. The first kappa shape index (κ1) is 13.1. The van der Waals surface area contributed by atoms with E-state index in [9.17, 15) is 9.59 Å². The lowest BCUT2D eigenvalue weighted by atomic mass is 10.0. The molecule has 1 atom stereocenters. The zero-order valence-electron chi connectivity index (χ0n) is 10.8. The van der Waals surface area contributed by atoms with E-state index >= 15 is 0 Å². The highest BCUT2D eigenvalue weighted by Gasteiger charge is 2.17. The Morgan fingerprint density at radius 3 is 2.53 bits per heavy atom. The van der Waals surface area contributed by atoms with E-state index < -0.39 is 12.0 Å². The number of esters is 1. The Bertz CT molecular complexity index is 616. The Labute approximate surface area is 111 Å². The molecule has 0 aliphatic heterocycles. The topological polar surface area (TPSA) is 55.4 Å². The van der Waals surface area contributed by atoms with Gasteiger partial charge >= 0.3 is 5.97 Å². The standard InChI is InChI=1S/C15H15NO3/c1-10(15(18)19-2)16-14(17)13-9-5-7-11-6-3-4-8-12(11)13/h3-10H,1-2H3,(H,16,17). The lowest BCUT2D eigenvalue weighted by molar-refractivity contribution is -0.142. The van der Waals surface area contributed by atoms with E-state index in [-0.39, 0.29) is 5.91 Å². The molecule has 4 nitrogen and oxygen atoms in total. The smallest absolute Gasteiger partial charge is 0.328 e. The predicted octanol–water partition coefficient (Wildman–Crippen LogP) is 2.13. The quantitative estimate of drug-likeness (QED) is 0.857. The molecule has 0 heterocycles. The number of carbonyl (C=O) groups is 2. The van der Waals surface area contributed by atoms with Gasteiger partial charge in [-0.1, -0.05) is 36.4 Å². The van der Waals surface area contributed by atoms with E-state index in [1.165, 1.54) is 7.11 Å². The zero-order valence-corrected chi connectivity index (χ0v) is 10.8. The van der Waals surface area contributed by atoms with Gasteiger partial charge in [0, 0.05) is 5.56 Å². The molecular weight excluding hydrogens is 242 g/mol. The molecular formula is C15H15NO3. The number of nitrogens with one attached hydrogen (secondary N) is 1. The summed E-state index contributed by atoms with van der Waals surface area (Å²) in [6.45, 7) is 1.59. The van der Waals surface area contributed by atoms with Gasteiger partial charge in [-0.3, -0.25) is 4.79 Å². The summed E-state index contributed by atoms with van der Waals surface area (Å²) in [6.07, 6.45) is 0. The summed E-state index contributed by atoms with van der Waals surface area (Å²) in [5.74, 6) is -0.747. The van der Waals surface area contributed by atoms with E-state index in [1.807, 2.05) is 36.4 Å². The third-order valence-corrected chi connectivity index (χ3v) is 2.94. The second-order valence-corrected chi connectivity index (χ2v) is 4.25. The highest BCUT2D eigenvalue weighted by Crippen LogP contribution is 2.18. The fraction of sp³-hybridized carbons (Fsp3) is 0.200. The number of rotatable bonds is 3. The summed E-state index contributed by atoms with van der Waals surface area (Å²) in [5, 5.41) is 4.47. The second-order valence-electron chi connectivity index (χ2n) is 4.25. The van der Waals surface area contributed by atoms with E-state index in [2.05, 4.69) is 10.1 Å². The van der Waals surface area contributed by atoms with Crippen molar-refractivity contribution in [1.29, 1.82) is 0 Å². The number of carbonyl (C=O) groups excluding carboxylic acids is 2. The third kappa shape index (κ3) is 2.73. The van der Waals surface area contributed by atoms with Gasteiger partial charge in [-0.2, -0.15) is 0 Å². The minimum Gasteiger partial charge on any atom is -0.467 e. The van der Waals surface area contributed by atoms with Crippen LogP contribution in [0.4, 0.5) is 0 Å². The van der Waals surface area contributed by atoms with Crippen molar-refractivity contribution in [2.75, 3.05) is 7.11 Å². The Morgan fingerprint density at radius 1 is 1.11 bits per heavy atom. The van der Waals surface area contributed by atoms with Gasteiger partial charge in [-0.25, -0.2) is 4.79 Å². The SMILES string of the molecule is COC(=O)C(C)NC(=O)c1cccc2ccccc12. The highest BCUT2D eigenvalue weighted by molar-refractivity contribution is 6.07. The summed E-state index contributed by atoms with van der Waals surface area (Å²) < 4.78 is 4.58. The maximum Gasteiger partial charge on any atom is 0.328 e. The summed E-state index contributed by atoms with van der Waals surface area (Å²) in [4.78, 5) is 23.5. The van der Waals surface area contributed by atoms with E-state index in [0.29, 0.717) is 5.56 Å². The second kappa shape index (κ2) is 5.52. The Hall–Kier alpha value is -2.36. The first-order valence-electron chi connectivity index (χ1n) is 6.00. The number of methoxy groups -OCH3 is 1. The molecule has 0 fully saturated rings. The minimum absolute atomic E-state index is 0.283. The van der Waals surface area contributed by atoms with Gasteiger partial charge in [0.2, 0.25) is 0 Å². The van der Waals surface area contributed by atoms with Crippen LogP contribution in [0.2, 0.25) is 0 Å². The Balaban J connectivity index is 2.29. The summed E-state index contributed by atoms with van der Waals surface area (Å²) >= 11 is 0. The number of amides is 1. The largest absolute Gasteiger partial charge is 0.467 e. The van der Waals surface area contributed by atoms with Gasteiger partial charge in [0.1, 0.15) is 6.04 Å². The van der Waals surface area contributed by atoms with Crippen LogP contribution in [0.1, 0.15) is 17.3 Å². The van der Waals surface area contributed by atoms with Crippen molar-refractivity contribution >= 4 is 22.6 Å². The van der Waals surface area contributed by atoms with Gasteiger partial charge in [0.15, 0.2) is 0 Å². The fourth-order valence-corrected chi connectivity index (χ4v) is 1.93. The molecule has 0 aliphatic rings. The first-order chi connectivity index (χ1) is 9.13. The van der Waals surface area contributed by atoms with Crippen molar-refractivity contribution < 1.29 is 14.3 Å². The van der Waals surface area contributed by atoms with E-state index in [1.54, 1.807) is 13.0 Å². The molecule has 1 amide bonds. The number of benzene rings is 2. The van der Waals surface area contributed by atoms with Crippen molar-refractivity contribution in [3.8, 4) is 0 Å². The van der Waals surface area contributed by atoms with Crippen molar-refractivity contribution in [2.24, 2.45) is 0 Å². The Kier molecular flexibility index (Phi) is 3.80. The molecule has 2 aromatic carbocycles. The van der Waals surface area contributed by atoms with Crippen molar-refractivity contribution in [3.63, 3.8) is 0 Å².